The summed E-state index contributed by atoms with van der Waals surface area (Å²) in [5.41, 5.74) is 5.20. The van der Waals surface area contributed by atoms with Gasteiger partial charge in [0, 0.05) is 0 Å². The van der Waals surface area contributed by atoms with Gasteiger partial charge >= 0.3 is 0 Å². The Balaban J connectivity index is 3.29. The van der Waals surface area contributed by atoms with E-state index in [1.807, 2.05) is 0 Å². The van der Waals surface area contributed by atoms with Gasteiger partial charge in [-0.1, -0.05) is 19.1 Å². The molecule has 0 heterocycles. The fourth-order valence-corrected chi connectivity index (χ4v) is 1.39. The predicted octanol–water partition coefficient (Wildman–Crippen LogP) is 2.83. The van der Waals surface area contributed by atoms with Crippen molar-refractivity contribution in [2.75, 3.05) is 0 Å². The highest BCUT2D eigenvalue weighted by Gasteiger charge is 2.28. The highest BCUT2D eigenvalue weighted by atomic mass is 32.1. The van der Waals surface area contributed by atoms with Gasteiger partial charge in [-0.25, -0.2) is 13.2 Å². The van der Waals surface area contributed by atoms with E-state index in [0.717, 1.165) is 0 Å². The highest BCUT2D eigenvalue weighted by molar-refractivity contribution is 7.80. The van der Waals surface area contributed by atoms with E-state index in [1.165, 1.54) is 6.92 Å². The molecule has 1 aromatic rings. The van der Waals surface area contributed by atoms with Crippen molar-refractivity contribution < 1.29 is 26.7 Å². The van der Waals surface area contributed by atoms with Crippen LogP contribution in [0.1, 0.15) is 13.3 Å². The zero-order chi connectivity index (χ0) is 14.0. The fraction of sp³-hybridized carbons (Fsp3) is 0.300. The number of hydrogen-bond acceptors (Lipinski definition) is 2. The number of rotatable bonds is 4. The maximum absolute atomic E-state index is 13.2. The Morgan fingerprint density at radius 1 is 1.06 bits per heavy atom. The maximum Gasteiger partial charge on any atom is 0.207 e. The van der Waals surface area contributed by atoms with E-state index in [9.17, 15) is 22.0 Å². The molecule has 0 spiro atoms. The monoisotopic (exact) mass is 285 g/mol. The first-order chi connectivity index (χ1) is 8.31. The lowest BCUT2D eigenvalue weighted by molar-refractivity contribution is 0.225. The van der Waals surface area contributed by atoms with Crippen molar-refractivity contribution in [3.63, 3.8) is 0 Å². The van der Waals surface area contributed by atoms with E-state index in [4.69, 9.17) is 5.73 Å². The molecule has 0 fully saturated rings. The number of nitrogens with two attached hydrogens (primary N) is 1. The van der Waals surface area contributed by atoms with Crippen LogP contribution >= 0.6 is 12.2 Å². The molecule has 0 bridgehead atoms. The van der Waals surface area contributed by atoms with Gasteiger partial charge in [-0.3, -0.25) is 0 Å². The summed E-state index contributed by atoms with van der Waals surface area (Å²) in [4.78, 5) is -0.249. The van der Waals surface area contributed by atoms with Gasteiger partial charge in [0.1, 0.15) is 11.1 Å². The Kier molecular flexibility index (Phi) is 4.44. The van der Waals surface area contributed by atoms with Crippen molar-refractivity contribution in [1.29, 1.82) is 0 Å². The number of ether oxygens (including phenoxy) is 1. The molecule has 100 valence electrons. The number of thiocarbonyl (C=S) groups is 1. The second-order valence-electron chi connectivity index (χ2n) is 3.32. The Morgan fingerprint density at radius 2 is 1.44 bits per heavy atom. The van der Waals surface area contributed by atoms with Crippen LogP contribution in [0.3, 0.4) is 0 Å². The largest absolute Gasteiger partial charge is 0.477 e. The molecule has 0 aliphatic carbocycles. The minimum absolute atomic E-state index is 0.120. The highest BCUT2D eigenvalue weighted by Crippen LogP contribution is 2.30. The molecule has 0 radical (unpaired) electrons. The van der Waals surface area contributed by atoms with Crippen molar-refractivity contribution in [2.24, 2.45) is 5.73 Å². The van der Waals surface area contributed by atoms with Crippen LogP contribution < -0.4 is 10.5 Å². The molecule has 0 aliphatic rings. The molecule has 8 heteroatoms. The third kappa shape index (κ3) is 2.53. The molecule has 0 saturated carbocycles. The van der Waals surface area contributed by atoms with Gasteiger partial charge < -0.3 is 10.5 Å². The molecule has 2 nitrogen and oxygen atoms in total. The van der Waals surface area contributed by atoms with E-state index < -0.39 is 40.9 Å². The predicted molar refractivity (Wildman–Crippen MR) is 57.7 cm³/mol. The minimum atomic E-state index is -2.25. The van der Waals surface area contributed by atoms with E-state index in [2.05, 4.69) is 17.0 Å². The average molecular weight is 285 g/mol. The normalized spacial score (nSPS) is 12.3. The third-order valence-electron chi connectivity index (χ3n) is 2.12. The maximum atomic E-state index is 13.2. The van der Waals surface area contributed by atoms with Crippen LogP contribution in [0.25, 0.3) is 0 Å². The van der Waals surface area contributed by atoms with Crippen molar-refractivity contribution in [2.45, 2.75) is 19.4 Å². The number of hydrogen-bond donors (Lipinski definition) is 1. The number of halogens is 5. The van der Waals surface area contributed by atoms with Crippen molar-refractivity contribution >= 4 is 17.2 Å². The second-order valence-corrected chi connectivity index (χ2v) is 3.79. The molecule has 0 saturated heterocycles. The molecule has 0 aromatic heterocycles. The SMILES string of the molecule is CCC(Oc1c(F)c(F)c(F)c(F)c1F)C(N)=S. The van der Waals surface area contributed by atoms with Gasteiger partial charge in [0.05, 0.1) is 0 Å². The molecule has 1 rings (SSSR count). The zero-order valence-electron chi connectivity index (χ0n) is 9.07. The summed E-state index contributed by atoms with van der Waals surface area (Å²) in [5, 5.41) is 0. The van der Waals surface area contributed by atoms with Crippen LogP contribution in [-0.2, 0) is 0 Å². The van der Waals surface area contributed by atoms with Crippen molar-refractivity contribution in [3.05, 3.63) is 29.1 Å². The Bertz CT molecular complexity index is 465. The Hall–Kier alpha value is -1.44. The smallest absolute Gasteiger partial charge is 0.207 e. The first kappa shape index (κ1) is 14.6. The van der Waals surface area contributed by atoms with Gasteiger partial charge in [-0.05, 0) is 6.42 Å². The van der Waals surface area contributed by atoms with Crippen LogP contribution in [-0.4, -0.2) is 11.1 Å². The molecular weight excluding hydrogens is 277 g/mol. The van der Waals surface area contributed by atoms with Crippen molar-refractivity contribution in [1.82, 2.24) is 0 Å². The van der Waals surface area contributed by atoms with Crippen LogP contribution in [0.5, 0.6) is 5.75 Å². The summed E-state index contributed by atoms with van der Waals surface area (Å²) < 4.78 is 69.6. The summed E-state index contributed by atoms with van der Waals surface area (Å²) >= 11 is 4.54. The standard InChI is InChI=1S/C10H8F5NOS/c1-2-3(10(16)18)17-9-7(14)5(12)4(11)6(13)8(9)15/h3H,2H2,1H3,(H2,16,18). The summed E-state index contributed by atoms with van der Waals surface area (Å²) in [6, 6.07) is 0. The van der Waals surface area contributed by atoms with Crippen LogP contribution in [0.4, 0.5) is 22.0 Å². The van der Waals surface area contributed by atoms with Crippen LogP contribution in [0, 0.1) is 29.1 Å². The van der Waals surface area contributed by atoms with E-state index >= 15 is 0 Å². The molecule has 1 atom stereocenters. The van der Waals surface area contributed by atoms with Gasteiger partial charge in [-0.2, -0.15) is 8.78 Å². The van der Waals surface area contributed by atoms with Crippen LogP contribution in [0.2, 0.25) is 0 Å². The zero-order valence-corrected chi connectivity index (χ0v) is 9.88. The summed E-state index contributed by atoms with van der Waals surface area (Å²) in [7, 11) is 0. The summed E-state index contributed by atoms with van der Waals surface area (Å²) in [5.74, 6) is -11.9. The lowest BCUT2D eigenvalue weighted by Crippen LogP contribution is -2.32. The molecule has 18 heavy (non-hydrogen) atoms. The quantitative estimate of drug-likeness (QED) is 0.400. The first-order valence-corrected chi connectivity index (χ1v) is 5.19. The fourth-order valence-electron chi connectivity index (χ4n) is 1.17. The van der Waals surface area contributed by atoms with Gasteiger partial charge in [0.15, 0.2) is 5.75 Å². The molecule has 2 N–H and O–H groups in total. The molecule has 0 aliphatic heterocycles. The second kappa shape index (κ2) is 5.47. The van der Waals surface area contributed by atoms with Gasteiger partial charge in [0.2, 0.25) is 29.1 Å². The van der Waals surface area contributed by atoms with Crippen LogP contribution in [0.15, 0.2) is 0 Å². The molecular formula is C10H8F5NOS. The molecule has 0 amide bonds. The topological polar surface area (TPSA) is 35.2 Å². The number of benzene rings is 1. The molecule has 1 aromatic carbocycles. The van der Waals surface area contributed by atoms with Gasteiger partial charge in [0.25, 0.3) is 0 Å². The summed E-state index contributed by atoms with van der Waals surface area (Å²) in [6.07, 6.45) is -0.997. The van der Waals surface area contributed by atoms with Gasteiger partial charge in [-0.15, -0.1) is 0 Å². The van der Waals surface area contributed by atoms with E-state index in [0.29, 0.717) is 0 Å². The first-order valence-electron chi connectivity index (χ1n) is 4.78. The average Bonchev–Trinajstić information content (AvgIpc) is 2.34. The van der Waals surface area contributed by atoms with Crippen molar-refractivity contribution in [3.8, 4) is 5.75 Å². The molecule has 1 unspecified atom stereocenters. The minimum Gasteiger partial charge on any atom is -0.477 e. The lowest BCUT2D eigenvalue weighted by Gasteiger charge is -2.17. The van der Waals surface area contributed by atoms with E-state index in [-0.39, 0.29) is 11.4 Å². The third-order valence-corrected chi connectivity index (χ3v) is 2.38. The Labute approximate surface area is 105 Å². The lowest BCUT2D eigenvalue weighted by atomic mass is 10.2. The van der Waals surface area contributed by atoms with E-state index in [1.54, 1.807) is 0 Å². The Morgan fingerprint density at radius 3 is 1.78 bits per heavy atom. The summed E-state index contributed by atoms with van der Waals surface area (Å²) in [6.45, 7) is 1.52.